The van der Waals surface area contributed by atoms with Crippen molar-refractivity contribution in [1.82, 2.24) is 16.0 Å². The number of hydrogen-bond donors (Lipinski definition) is 4. The number of amides is 2. The first kappa shape index (κ1) is 17.0. The molecule has 0 saturated heterocycles. The van der Waals surface area contributed by atoms with E-state index in [1.165, 1.54) is 6.92 Å². The molecule has 4 N–H and O–H groups in total. The summed E-state index contributed by atoms with van der Waals surface area (Å²) in [5, 5.41) is 15.7. The highest BCUT2D eigenvalue weighted by Crippen LogP contribution is 1.97. The second-order valence-corrected chi connectivity index (χ2v) is 3.97. The summed E-state index contributed by atoms with van der Waals surface area (Å²) in [5.41, 5.74) is 0. The fourth-order valence-electron chi connectivity index (χ4n) is 1.28. The lowest BCUT2D eigenvalue weighted by molar-refractivity contribution is -0.138. The fourth-order valence-corrected chi connectivity index (χ4v) is 1.28. The Bertz CT molecular complexity index is 356. The highest BCUT2D eigenvalue weighted by Gasteiger charge is 2.18. The Morgan fingerprint density at radius 3 is 2.21 bits per heavy atom. The van der Waals surface area contributed by atoms with E-state index in [0.29, 0.717) is 0 Å². The molecule has 0 aromatic rings. The van der Waals surface area contributed by atoms with Crippen molar-refractivity contribution in [2.75, 3.05) is 20.1 Å². The van der Waals surface area contributed by atoms with Crippen LogP contribution in [0.25, 0.3) is 0 Å². The maximum absolute atomic E-state index is 11.5. The maximum Gasteiger partial charge on any atom is 0.322 e. The van der Waals surface area contributed by atoms with Crippen molar-refractivity contribution in [3.05, 3.63) is 0 Å². The smallest absolute Gasteiger partial charge is 0.322 e. The number of carboxylic acid groups (broad SMARTS) is 1. The zero-order valence-corrected chi connectivity index (χ0v) is 11.0. The molecule has 0 aliphatic heterocycles. The molecule has 2 amide bonds. The first-order valence-electron chi connectivity index (χ1n) is 5.79. The number of aliphatic carboxylic acids is 1. The standard InChI is InChI=1S/C11H19N3O5/c1-7(15)5-13-9(16)4-3-8(12-2)11(19)14-6-10(17)18/h8,12H,3-6H2,1-2H3,(H,13,16)(H,14,19)(H,17,18). The van der Waals surface area contributed by atoms with Crippen molar-refractivity contribution in [2.24, 2.45) is 0 Å². The Morgan fingerprint density at radius 2 is 1.74 bits per heavy atom. The summed E-state index contributed by atoms with van der Waals surface area (Å²) in [6.45, 7) is 0.859. The van der Waals surface area contributed by atoms with Crippen LogP contribution in [0.2, 0.25) is 0 Å². The number of likely N-dealkylation sites (N-methyl/N-ethyl adjacent to an activating group) is 1. The van der Waals surface area contributed by atoms with Crippen LogP contribution in [0.1, 0.15) is 19.8 Å². The van der Waals surface area contributed by atoms with Crippen LogP contribution in [0, 0.1) is 0 Å². The molecule has 1 unspecified atom stereocenters. The van der Waals surface area contributed by atoms with E-state index in [9.17, 15) is 19.2 Å². The van der Waals surface area contributed by atoms with Gasteiger partial charge in [0.25, 0.3) is 0 Å². The second-order valence-electron chi connectivity index (χ2n) is 3.97. The molecule has 0 bridgehead atoms. The van der Waals surface area contributed by atoms with Gasteiger partial charge in [0.05, 0.1) is 12.6 Å². The van der Waals surface area contributed by atoms with Crippen molar-refractivity contribution in [3.63, 3.8) is 0 Å². The van der Waals surface area contributed by atoms with Crippen LogP contribution in [-0.4, -0.2) is 54.9 Å². The van der Waals surface area contributed by atoms with Gasteiger partial charge in [0, 0.05) is 6.42 Å². The van der Waals surface area contributed by atoms with Crippen LogP contribution in [0.4, 0.5) is 0 Å². The van der Waals surface area contributed by atoms with Crippen molar-refractivity contribution in [2.45, 2.75) is 25.8 Å². The van der Waals surface area contributed by atoms with Gasteiger partial charge < -0.3 is 21.1 Å². The summed E-state index contributed by atoms with van der Waals surface area (Å²) < 4.78 is 0. The Morgan fingerprint density at radius 1 is 1.11 bits per heavy atom. The Labute approximate surface area is 110 Å². The van der Waals surface area contributed by atoms with Gasteiger partial charge in [0.15, 0.2) is 0 Å². The van der Waals surface area contributed by atoms with Gasteiger partial charge in [-0.1, -0.05) is 0 Å². The van der Waals surface area contributed by atoms with Crippen LogP contribution in [0.15, 0.2) is 0 Å². The molecular formula is C11H19N3O5. The third-order valence-electron chi connectivity index (χ3n) is 2.27. The molecule has 8 heteroatoms. The van der Waals surface area contributed by atoms with Crippen LogP contribution in [-0.2, 0) is 19.2 Å². The molecule has 19 heavy (non-hydrogen) atoms. The minimum Gasteiger partial charge on any atom is -0.480 e. The van der Waals surface area contributed by atoms with Gasteiger partial charge in [-0.15, -0.1) is 0 Å². The second kappa shape index (κ2) is 9.03. The molecule has 0 aromatic heterocycles. The number of carboxylic acids is 1. The first-order chi connectivity index (χ1) is 8.86. The van der Waals surface area contributed by atoms with Crippen molar-refractivity contribution in [3.8, 4) is 0 Å². The van der Waals surface area contributed by atoms with Gasteiger partial charge in [0.2, 0.25) is 11.8 Å². The van der Waals surface area contributed by atoms with E-state index >= 15 is 0 Å². The number of ketones is 1. The van der Waals surface area contributed by atoms with Gasteiger partial charge >= 0.3 is 5.97 Å². The molecule has 0 aliphatic rings. The van der Waals surface area contributed by atoms with E-state index < -0.39 is 24.5 Å². The molecule has 0 rings (SSSR count). The first-order valence-corrected chi connectivity index (χ1v) is 5.79. The van der Waals surface area contributed by atoms with E-state index in [1.807, 2.05) is 0 Å². The molecule has 0 radical (unpaired) electrons. The zero-order chi connectivity index (χ0) is 14.8. The number of rotatable bonds is 9. The highest BCUT2D eigenvalue weighted by molar-refractivity contribution is 5.87. The van der Waals surface area contributed by atoms with E-state index in [-0.39, 0.29) is 31.1 Å². The zero-order valence-electron chi connectivity index (χ0n) is 11.0. The topological polar surface area (TPSA) is 125 Å². The summed E-state index contributed by atoms with van der Waals surface area (Å²) in [7, 11) is 1.54. The lowest BCUT2D eigenvalue weighted by Crippen LogP contribution is -2.45. The van der Waals surface area contributed by atoms with Gasteiger partial charge in [-0.25, -0.2) is 0 Å². The largest absolute Gasteiger partial charge is 0.480 e. The highest BCUT2D eigenvalue weighted by atomic mass is 16.4. The average Bonchev–Trinajstić information content (AvgIpc) is 2.34. The van der Waals surface area contributed by atoms with Gasteiger partial charge in [-0.05, 0) is 20.4 Å². The molecule has 8 nitrogen and oxygen atoms in total. The van der Waals surface area contributed by atoms with Crippen molar-refractivity contribution < 1.29 is 24.3 Å². The molecule has 1 atom stereocenters. The summed E-state index contributed by atoms with van der Waals surface area (Å²) >= 11 is 0. The summed E-state index contributed by atoms with van der Waals surface area (Å²) in [6, 6.07) is -0.651. The third kappa shape index (κ3) is 8.72. The number of Topliss-reactive ketones (excluding diaryl/α,β-unsaturated/α-hetero) is 1. The fraction of sp³-hybridized carbons (Fsp3) is 0.636. The van der Waals surface area contributed by atoms with Crippen molar-refractivity contribution >= 4 is 23.6 Å². The van der Waals surface area contributed by atoms with Crippen LogP contribution in [0.5, 0.6) is 0 Å². The van der Waals surface area contributed by atoms with Gasteiger partial charge in [0.1, 0.15) is 12.3 Å². The number of carbonyl (C=O) groups excluding carboxylic acids is 3. The number of nitrogens with one attached hydrogen (secondary N) is 3. The van der Waals surface area contributed by atoms with Crippen LogP contribution in [0.3, 0.4) is 0 Å². The van der Waals surface area contributed by atoms with Gasteiger partial charge in [-0.3, -0.25) is 19.2 Å². The van der Waals surface area contributed by atoms with Gasteiger partial charge in [-0.2, -0.15) is 0 Å². The molecule has 0 saturated carbocycles. The quantitative estimate of drug-likeness (QED) is 0.395. The van der Waals surface area contributed by atoms with E-state index in [4.69, 9.17) is 5.11 Å². The van der Waals surface area contributed by atoms with E-state index in [2.05, 4.69) is 16.0 Å². The molecule has 0 aliphatic carbocycles. The average molecular weight is 273 g/mol. The predicted molar refractivity (Wildman–Crippen MR) is 66.4 cm³/mol. The van der Waals surface area contributed by atoms with E-state index in [0.717, 1.165) is 0 Å². The molecule has 108 valence electrons. The third-order valence-corrected chi connectivity index (χ3v) is 2.27. The lowest BCUT2D eigenvalue weighted by Gasteiger charge is -2.14. The van der Waals surface area contributed by atoms with Crippen LogP contribution >= 0.6 is 0 Å². The Hall–Kier alpha value is -1.96. The SMILES string of the molecule is CNC(CCC(=O)NCC(C)=O)C(=O)NCC(=O)O. The summed E-state index contributed by atoms with van der Waals surface area (Å²) in [4.78, 5) is 43.8. The predicted octanol–water partition coefficient (Wildman–Crippen LogP) is -1.74. The number of hydrogen-bond acceptors (Lipinski definition) is 5. The molecule has 0 heterocycles. The molecule has 0 fully saturated rings. The maximum atomic E-state index is 11.5. The van der Waals surface area contributed by atoms with Crippen molar-refractivity contribution in [1.29, 1.82) is 0 Å². The minimum absolute atomic E-state index is 0.0335. The molecule has 0 spiro atoms. The molecular weight excluding hydrogens is 254 g/mol. The Kier molecular flexibility index (Phi) is 8.10. The number of carbonyl (C=O) groups is 4. The van der Waals surface area contributed by atoms with E-state index in [1.54, 1.807) is 7.05 Å². The Balaban J connectivity index is 4.04. The minimum atomic E-state index is -1.14. The molecule has 0 aromatic carbocycles. The summed E-state index contributed by atoms with van der Waals surface area (Å²) in [5.74, 6) is -2.11. The van der Waals surface area contributed by atoms with Crippen LogP contribution < -0.4 is 16.0 Å². The normalized spacial score (nSPS) is 11.5. The lowest BCUT2D eigenvalue weighted by atomic mass is 10.1. The summed E-state index contributed by atoms with van der Waals surface area (Å²) in [6.07, 6.45) is 0.283. The monoisotopic (exact) mass is 273 g/mol.